The molecule has 0 saturated carbocycles. The van der Waals surface area contributed by atoms with Crippen LogP contribution in [0.5, 0.6) is 5.75 Å². The molecular formula is C19H18O2. The minimum absolute atomic E-state index is 0.626. The van der Waals surface area contributed by atoms with Gasteiger partial charge in [0.1, 0.15) is 11.9 Å². The van der Waals surface area contributed by atoms with E-state index >= 15 is 0 Å². The van der Waals surface area contributed by atoms with E-state index in [-0.39, 0.29) is 0 Å². The monoisotopic (exact) mass is 278 g/mol. The lowest BCUT2D eigenvalue weighted by Crippen LogP contribution is -2.00. The molecule has 0 saturated heterocycles. The predicted octanol–water partition coefficient (Wildman–Crippen LogP) is 4.24. The molecule has 0 bridgehead atoms. The van der Waals surface area contributed by atoms with E-state index in [1.165, 1.54) is 5.39 Å². The fourth-order valence-corrected chi connectivity index (χ4v) is 2.64. The van der Waals surface area contributed by atoms with E-state index in [0.717, 1.165) is 27.8 Å². The molecule has 0 radical (unpaired) electrons. The van der Waals surface area contributed by atoms with Gasteiger partial charge >= 0.3 is 0 Å². The molecule has 0 aliphatic carbocycles. The highest BCUT2D eigenvalue weighted by atomic mass is 16.5. The molecule has 3 aromatic rings. The predicted molar refractivity (Wildman–Crippen MR) is 85.7 cm³/mol. The first-order valence-corrected chi connectivity index (χ1v) is 7.00. The Morgan fingerprint density at radius 3 is 2.24 bits per heavy atom. The first-order valence-electron chi connectivity index (χ1n) is 7.00. The summed E-state index contributed by atoms with van der Waals surface area (Å²) in [4.78, 5) is 0. The van der Waals surface area contributed by atoms with Crippen LogP contribution in [0.3, 0.4) is 0 Å². The van der Waals surface area contributed by atoms with Gasteiger partial charge in [-0.15, -0.1) is 0 Å². The number of ether oxygens (including phenoxy) is 1. The Balaban J connectivity index is 1.99. The number of benzene rings is 3. The van der Waals surface area contributed by atoms with Crippen LogP contribution >= 0.6 is 0 Å². The van der Waals surface area contributed by atoms with Gasteiger partial charge in [-0.05, 0) is 52.6 Å². The Morgan fingerprint density at radius 1 is 0.857 bits per heavy atom. The maximum absolute atomic E-state index is 10.6. The minimum Gasteiger partial charge on any atom is -0.496 e. The Bertz CT molecular complexity index is 777. The van der Waals surface area contributed by atoms with Crippen LogP contribution < -0.4 is 4.74 Å². The van der Waals surface area contributed by atoms with Gasteiger partial charge in [-0.2, -0.15) is 0 Å². The van der Waals surface area contributed by atoms with Crippen molar-refractivity contribution in [3.8, 4) is 5.75 Å². The molecule has 2 heteroatoms. The maximum atomic E-state index is 10.6. The van der Waals surface area contributed by atoms with E-state index < -0.39 is 6.10 Å². The molecule has 0 aliphatic heterocycles. The molecule has 0 spiro atoms. The highest BCUT2D eigenvalue weighted by molar-refractivity contribution is 5.83. The van der Waals surface area contributed by atoms with Crippen LogP contribution in [0.25, 0.3) is 10.8 Å². The van der Waals surface area contributed by atoms with Gasteiger partial charge in [0.25, 0.3) is 0 Å². The Morgan fingerprint density at radius 2 is 1.52 bits per heavy atom. The second-order valence-corrected chi connectivity index (χ2v) is 5.24. The normalized spacial score (nSPS) is 12.3. The number of hydrogen-bond donors (Lipinski definition) is 1. The lowest BCUT2D eigenvalue weighted by Gasteiger charge is -2.14. The van der Waals surface area contributed by atoms with Gasteiger partial charge in [-0.3, -0.25) is 0 Å². The third-order valence-corrected chi connectivity index (χ3v) is 3.82. The molecule has 1 unspecified atom stereocenters. The summed E-state index contributed by atoms with van der Waals surface area (Å²) >= 11 is 0. The molecule has 0 fully saturated rings. The van der Waals surface area contributed by atoms with E-state index in [1.807, 2.05) is 55.5 Å². The molecule has 0 aromatic heterocycles. The van der Waals surface area contributed by atoms with Crippen LogP contribution in [0.2, 0.25) is 0 Å². The fourth-order valence-electron chi connectivity index (χ4n) is 2.64. The lowest BCUT2D eigenvalue weighted by molar-refractivity contribution is 0.220. The molecule has 3 rings (SSSR count). The number of rotatable bonds is 3. The van der Waals surface area contributed by atoms with Crippen molar-refractivity contribution in [2.45, 2.75) is 13.0 Å². The molecule has 21 heavy (non-hydrogen) atoms. The van der Waals surface area contributed by atoms with Crippen LogP contribution in [0, 0.1) is 6.92 Å². The van der Waals surface area contributed by atoms with Gasteiger partial charge in [0.05, 0.1) is 7.11 Å². The summed E-state index contributed by atoms with van der Waals surface area (Å²) in [5.41, 5.74) is 2.80. The van der Waals surface area contributed by atoms with Crippen molar-refractivity contribution >= 4 is 10.8 Å². The Hall–Kier alpha value is -2.32. The Kier molecular flexibility index (Phi) is 3.63. The van der Waals surface area contributed by atoms with E-state index in [4.69, 9.17) is 4.74 Å². The molecule has 1 N–H and O–H groups in total. The third-order valence-electron chi connectivity index (χ3n) is 3.82. The molecular weight excluding hydrogens is 260 g/mol. The zero-order chi connectivity index (χ0) is 14.8. The van der Waals surface area contributed by atoms with Gasteiger partial charge in [0, 0.05) is 0 Å². The lowest BCUT2D eigenvalue weighted by atomic mass is 9.97. The quantitative estimate of drug-likeness (QED) is 0.776. The SMILES string of the molecule is COc1ccc(C(O)c2ccc3ccccc3c2)cc1C. The summed E-state index contributed by atoms with van der Waals surface area (Å²) in [5.74, 6) is 0.837. The van der Waals surface area contributed by atoms with Gasteiger partial charge in [-0.25, -0.2) is 0 Å². The molecule has 0 amide bonds. The number of hydrogen-bond acceptors (Lipinski definition) is 2. The standard InChI is InChI=1S/C19H18O2/c1-13-11-16(9-10-18(13)21-2)19(20)17-8-7-14-5-3-4-6-15(14)12-17/h3-12,19-20H,1-2H3. The van der Waals surface area contributed by atoms with Crippen molar-refractivity contribution in [3.63, 3.8) is 0 Å². The number of aliphatic hydroxyl groups is 1. The van der Waals surface area contributed by atoms with Crippen molar-refractivity contribution < 1.29 is 9.84 Å². The van der Waals surface area contributed by atoms with E-state index in [9.17, 15) is 5.11 Å². The topological polar surface area (TPSA) is 29.5 Å². The molecule has 0 heterocycles. The van der Waals surface area contributed by atoms with Crippen LogP contribution in [0.1, 0.15) is 22.8 Å². The van der Waals surface area contributed by atoms with Gasteiger partial charge in [-0.1, -0.05) is 42.5 Å². The molecule has 3 aromatic carbocycles. The van der Waals surface area contributed by atoms with Crippen LogP contribution in [0.4, 0.5) is 0 Å². The summed E-state index contributed by atoms with van der Waals surface area (Å²) in [7, 11) is 1.65. The van der Waals surface area contributed by atoms with Crippen molar-refractivity contribution in [3.05, 3.63) is 77.4 Å². The number of aliphatic hydroxyl groups excluding tert-OH is 1. The van der Waals surface area contributed by atoms with E-state index in [2.05, 4.69) is 12.1 Å². The highest BCUT2D eigenvalue weighted by Gasteiger charge is 2.12. The van der Waals surface area contributed by atoms with Crippen molar-refractivity contribution in [1.82, 2.24) is 0 Å². The molecule has 1 atom stereocenters. The van der Waals surface area contributed by atoms with Crippen LogP contribution in [-0.4, -0.2) is 12.2 Å². The second kappa shape index (κ2) is 5.58. The number of fused-ring (bicyclic) bond motifs is 1. The van der Waals surface area contributed by atoms with Gasteiger partial charge in [0.15, 0.2) is 0 Å². The molecule has 106 valence electrons. The summed E-state index contributed by atoms with van der Waals surface area (Å²) in [6.45, 7) is 1.98. The van der Waals surface area contributed by atoms with Gasteiger partial charge in [0.2, 0.25) is 0 Å². The van der Waals surface area contributed by atoms with Crippen molar-refractivity contribution in [2.75, 3.05) is 7.11 Å². The first kappa shape index (κ1) is 13.7. The zero-order valence-corrected chi connectivity index (χ0v) is 12.2. The van der Waals surface area contributed by atoms with Crippen LogP contribution in [0.15, 0.2) is 60.7 Å². The van der Waals surface area contributed by atoms with Crippen molar-refractivity contribution in [2.24, 2.45) is 0 Å². The maximum Gasteiger partial charge on any atom is 0.121 e. The van der Waals surface area contributed by atoms with Crippen LogP contribution in [-0.2, 0) is 0 Å². The average Bonchev–Trinajstić information content (AvgIpc) is 2.53. The summed E-state index contributed by atoms with van der Waals surface area (Å²) in [5, 5.41) is 12.9. The summed E-state index contributed by atoms with van der Waals surface area (Å²) in [6, 6.07) is 20.0. The third kappa shape index (κ3) is 2.63. The molecule has 0 aliphatic rings. The van der Waals surface area contributed by atoms with E-state index in [0.29, 0.717) is 0 Å². The average molecular weight is 278 g/mol. The zero-order valence-electron chi connectivity index (χ0n) is 12.2. The second-order valence-electron chi connectivity index (χ2n) is 5.24. The van der Waals surface area contributed by atoms with Crippen molar-refractivity contribution in [1.29, 1.82) is 0 Å². The fraction of sp³-hybridized carbons (Fsp3) is 0.158. The largest absolute Gasteiger partial charge is 0.496 e. The summed E-state index contributed by atoms with van der Waals surface area (Å²) < 4.78 is 5.26. The highest BCUT2D eigenvalue weighted by Crippen LogP contribution is 2.28. The molecule has 2 nitrogen and oxygen atoms in total. The van der Waals surface area contributed by atoms with E-state index in [1.54, 1.807) is 7.11 Å². The minimum atomic E-state index is -0.626. The smallest absolute Gasteiger partial charge is 0.121 e. The Labute approximate surface area is 124 Å². The summed E-state index contributed by atoms with van der Waals surface area (Å²) in [6.07, 6.45) is -0.626. The first-order chi connectivity index (χ1) is 10.2. The number of aryl methyl sites for hydroxylation is 1. The number of methoxy groups -OCH3 is 1. The van der Waals surface area contributed by atoms with Gasteiger partial charge < -0.3 is 9.84 Å².